The number of guanidine groups is 1. The number of nitrogens with zero attached hydrogens (tertiary/aromatic N) is 2. The predicted octanol–water partition coefficient (Wildman–Crippen LogP) is 3.56. The van der Waals surface area contributed by atoms with Gasteiger partial charge in [-0.15, -0.1) is 11.3 Å². The Morgan fingerprint density at radius 2 is 2.05 bits per heavy atom. The summed E-state index contributed by atoms with van der Waals surface area (Å²) >= 11 is 1.67. The minimum atomic E-state index is 0.433. The number of nitrogens with one attached hydrogen (secondary N) is 1. The van der Waals surface area contributed by atoms with Crippen molar-refractivity contribution in [2.75, 3.05) is 5.32 Å². The molecule has 0 saturated heterocycles. The molecule has 3 rings (SSSR count). The maximum Gasteiger partial charge on any atom is 0.193 e. The summed E-state index contributed by atoms with van der Waals surface area (Å²) in [6.07, 6.45) is 2.56. The van der Waals surface area contributed by atoms with Crippen molar-refractivity contribution in [3.8, 4) is 0 Å². The summed E-state index contributed by atoms with van der Waals surface area (Å²) in [5.74, 6) is 1.13. The Balaban J connectivity index is 1.62. The molecule has 0 atom stereocenters. The van der Waals surface area contributed by atoms with Crippen molar-refractivity contribution < 1.29 is 0 Å². The number of aryl methyl sites for hydroxylation is 2. The number of rotatable bonds is 4. The molecule has 0 spiro atoms. The molecule has 1 aromatic heterocycles. The number of aromatic nitrogens is 1. The number of benzene rings is 1. The Labute approximate surface area is 129 Å². The second-order valence-corrected chi connectivity index (χ2v) is 6.59. The quantitative estimate of drug-likeness (QED) is 0.670. The Morgan fingerprint density at radius 1 is 1.33 bits per heavy atom. The first-order valence-electron chi connectivity index (χ1n) is 7.20. The van der Waals surface area contributed by atoms with Crippen molar-refractivity contribution in [3.63, 3.8) is 0 Å². The molecule has 1 fully saturated rings. The minimum absolute atomic E-state index is 0.433. The molecule has 21 heavy (non-hydrogen) atoms. The van der Waals surface area contributed by atoms with Crippen LogP contribution in [-0.4, -0.2) is 10.9 Å². The number of hydrogen-bond acceptors (Lipinski definition) is 3. The first-order chi connectivity index (χ1) is 10.1. The second kappa shape index (κ2) is 5.85. The SMILES string of the molecule is Cc1cc(C)cc(NC(N)=NCc2nc(C3CC3)cs2)c1. The highest BCUT2D eigenvalue weighted by molar-refractivity contribution is 7.09. The van der Waals surface area contributed by atoms with Crippen molar-refractivity contribution in [2.45, 2.75) is 39.2 Å². The van der Waals surface area contributed by atoms with Gasteiger partial charge in [-0.1, -0.05) is 6.07 Å². The number of nitrogens with two attached hydrogens (primary N) is 1. The summed E-state index contributed by atoms with van der Waals surface area (Å²) in [4.78, 5) is 8.98. The van der Waals surface area contributed by atoms with Gasteiger partial charge in [0.1, 0.15) is 5.01 Å². The summed E-state index contributed by atoms with van der Waals surface area (Å²) in [7, 11) is 0. The molecule has 5 heteroatoms. The second-order valence-electron chi connectivity index (χ2n) is 5.64. The Kier molecular flexibility index (Phi) is 3.92. The lowest BCUT2D eigenvalue weighted by molar-refractivity contribution is 0.970. The molecule has 0 radical (unpaired) electrons. The van der Waals surface area contributed by atoms with Crippen LogP contribution in [0.5, 0.6) is 0 Å². The molecule has 1 aromatic carbocycles. The number of anilines is 1. The molecule has 1 aliphatic rings. The fourth-order valence-electron chi connectivity index (χ4n) is 2.35. The van der Waals surface area contributed by atoms with Crippen LogP contribution in [0.15, 0.2) is 28.6 Å². The van der Waals surface area contributed by atoms with Crippen LogP contribution in [-0.2, 0) is 6.54 Å². The van der Waals surface area contributed by atoms with Gasteiger partial charge in [0.15, 0.2) is 5.96 Å². The average molecular weight is 300 g/mol. The Bertz CT molecular complexity index is 650. The largest absolute Gasteiger partial charge is 0.370 e. The third-order valence-corrected chi connectivity index (χ3v) is 4.30. The van der Waals surface area contributed by atoms with Crippen LogP contribution in [0.2, 0.25) is 0 Å². The van der Waals surface area contributed by atoms with Crippen LogP contribution >= 0.6 is 11.3 Å². The van der Waals surface area contributed by atoms with E-state index in [1.165, 1.54) is 29.7 Å². The van der Waals surface area contributed by atoms with Crippen molar-refractivity contribution in [3.05, 3.63) is 45.4 Å². The summed E-state index contributed by atoms with van der Waals surface area (Å²) < 4.78 is 0. The number of hydrogen-bond donors (Lipinski definition) is 2. The summed E-state index contributed by atoms with van der Waals surface area (Å²) in [6, 6.07) is 6.25. The monoisotopic (exact) mass is 300 g/mol. The van der Waals surface area contributed by atoms with Gasteiger partial charge >= 0.3 is 0 Å². The highest BCUT2D eigenvalue weighted by Gasteiger charge is 2.25. The molecule has 4 nitrogen and oxygen atoms in total. The number of aliphatic imine (C=N–C) groups is 1. The van der Waals surface area contributed by atoms with Crippen LogP contribution in [0.4, 0.5) is 5.69 Å². The first-order valence-corrected chi connectivity index (χ1v) is 8.07. The van der Waals surface area contributed by atoms with Gasteiger partial charge in [0.2, 0.25) is 0 Å². The Morgan fingerprint density at radius 3 is 2.71 bits per heavy atom. The van der Waals surface area contributed by atoms with Gasteiger partial charge < -0.3 is 11.1 Å². The first kappa shape index (κ1) is 14.1. The lowest BCUT2D eigenvalue weighted by atomic mass is 10.1. The highest BCUT2D eigenvalue weighted by Crippen LogP contribution is 2.40. The van der Waals surface area contributed by atoms with Gasteiger partial charge in [-0.25, -0.2) is 9.98 Å². The van der Waals surface area contributed by atoms with E-state index in [9.17, 15) is 0 Å². The van der Waals surface area contributed by atoms with E-state index >= 15 is 0 Å². The van der Waals surface area contributed by atoms with E-state index in [1.807, 2.05) is 0 Å². The zero-order valence-electron chi connectivity index (χ0n) is 12.4. The smallest absolute Gasteiger partial charge is 0.193 e. The molecule has 3 N–H and O–H groups in total. The van der Waals surface area contributed by atoms with Crippen molar-refractivity contribution >= 4 is 23.0 Å². The van der Waals surface area contributed by atoms with Crippen LogP contribution in [0.3, 0.4) is 0 Å². The van der Waals surface area contributed by atoms with Gasteiger partial charge in [-0.05, 0) is 49.9 Å². The zero-order chi connectivity index (χ0) is 14.8. The van der Waals surface area contributed by atoms with E-state index in [0.717, 1.165) is 10.7 Å². The average Bonchev–Trinajstić information content (AvgIpc) is 3.14. The van der Waals surface area contributed by atoms with Gasteiger partial charge in [-0.2, -0.15) is 0 Å². The molecule has 110 valence electrons. The number of thiazole rings is 1. The molecule has 0 aliphatic heterocycles. The Hall–Kier alpha value is -1.88. The van der Waals surface area contributed by atoms with Gasteiger partial charge in [0.05, 0.1) is 12.2 Å². The van der Waals surface area contributed by atoms with Crippen molar-refractivity contribution in [2.24, 2.45) is 10.7 Å². The van der Waals surface area contributed by atoms with E-state index in [2.05, 4.69) is 52.7 Å². The van der Waals surface area contributed by atoms with Crippen LogP contribution in [0.1, 0.15) is 40.6 Å². The molecule has 1 aliphatic carbocycles. The highest BCUT2D eigenvalue weighted by atomic mass is 32.1. The molecule has 1 saturated carbocycles. The van der Waals surface area contributed by atoms with Gasteiger partial charge in [0.25, 0.3) is 0 Å². The van der Waals surface area contributed by atoms with Gasteiger partial charge in [-0.3, -0.25) is 0 Å². The molecule has 0 bridgehead atoms. The van der Waals surface area contributed by atoms with E-state index in [1.54, 1.807) is 11.3 Å². The van der Waals surface area contributed by atoms with Crippen LogP contribution in [0, 0.1) is 13.8 Å². The third-order valence-electron chi connectivity index (χ3n) is 3.44. The summed E-state index contributed by atoms with van der Waals surface area (Å²) in [6.45, 7) is 4.68. The molecular formula is C16H20N4S. The van der Waals surface area contributed by atoms with Crippen LogP contribution < -0.4 is 11.1 Å². The normalized spacial score (nSPS) is 15.2. The molecule has 1 heterocycles. The maximum atomic E-state index is 5.95. The predicted molar refractivity (Wildman–Crippen MR) is 89.0 cm³/mol. The van der Waals surface area contributed by atoms with Crippen molar-refractivity contribution in [1.29, 1.82) is 0 Å². The zero-order valence-corrected chi connectivity index (χ0v) is 13.2. The summed E-state index contributed by atoms with van der Waals surface area (Å²) in [5, 5.41) is 6.32. The fraction of sp³-hybridized carbons (Fsp3) is 0.375. The van der Waals surface area contributed by atoms with E-state index in [4.69, 9.17) is 5.73 Å². The lowest BCUT2D eigenvalue weighted by Gasteiger charge is -2.07. The molecule has 0 amide bonds. The van der Waals surface area contributed by atoms with Crippen molar-refractivity contribution in [1.82, 2.24) is 4.98 Å². The molecule has 2 aromatic rings. The standard InChI is InChI=1S/C16H20N4S/c1-10-5-11(2)7-13(6-10)19-16(17)18-8-15-20-14(9-21-15)12-3-4-12/h5-7,9,12H,3-4,8H2,1-2H3,(H3,17,18,19). The lowest BCUT2D eigenvalue weighted by Crippen LogP contribution is -2.22. The minimum Gasteiger partial charge on any atom is -0.370 e. The van der Waals surface area contributed by atoms with E-state index in [0.29, 0.717) is 18.4 Å². The van der Waals surface area contributed by atoms with E-state index < -0.39 is 0 Å². The van der Waals surface area contributed by atoms with Crippen LogP contribution in [0.25, 0.3) is 0 Å². The molecule has 0 unspecified atom stereocenters. The third kappa shape index (κ3) is 3.82. The van der Waals surface area contributed by atoms with Gasteiger partial charge in [0, 0.05) is 17.0 Å². The van der Waals surface area contributed by atoms with E-state index in [-0.39, 0.29) is 0 Å². The fourth-order valence-corrected chi connectivity index (χ4v) is 3.15. The molecular weight excluding hydrogens is 280 g/mol. The summed E-state index contributed by atoms with van der Waals surface area (Å²) in [5.41, 5.74) is 10.6. The maximum absolute atomic E-state index is 5.95. The topological polar surface area (TPSA) is 63.3 Å².